The van der Waals surface area contributed by atoms with E-state index in [0.717, 1.165) is 0 Å². The summed E-state index contributed by atoms with van der Waals surface area (Å²) in [6, 6.07) is 11.3. The number of rotatable bonds is 7. The molecule has 2 aromatic carbocycles. The van der Waals surface area contributed by atoms with E-state index in [1.54, 1.807) is 26.0 Å². The van der Waals surface area contributed by atoms with Crippen LogP contribution in [-0.4, -0.2) is 35.8 Å². The lowest BCUT2D eigenvalue weighted by atomic mass is 9.83. The van der Waals surface area contributed by atoms with Crippen molar-refractivity contribution >= 4 is 17.8 Å². The van der Waals surface area contributed by atoms with Crippen LogP contribution in [0.15, 0.2) is 59.8 Å². The van der Waals surface area contributed by atoms with Gasteiger partial charge in [0, 0.05) is 24.6 Å². The highest BCUT2D eigenvalue weighted by atomic mass is 19.1. The Labute approximate surface area is 184 Å². The number of benzene rings is 2. The molecule has 2 aromatic rings. The molecule has 0 saturated carbocycles. The van der Waals surface area contributed by atoms with E-state index in [1.807, 2.05) is 0 Å². The molecule has 8 heteroatoms. The van der Waals surface area contributed by atoms with E-state index in [4.69, 9.17) is 4.74 Å². The number of amides is 2. The maximum atomic E-state index is 13.4. The fourth-order valence-electron chi connectivity index (χ4n) is 3.66. The van der Waals surface area contributed by atoms with E-state index in [2.05, 4.69) is 5.32 Å². The molecule has 0 aliphatic carbocycles. The summed E-state index contributed by atoms with van der Waals surface area (Å²) in [6.07, 6.45) is -0.0532. The zero-order valence-electron chi connectivity index (χ0n) is 17.9. The third kappa shape index (κ3) is 5.38. The second-order valence-corrected chi connectivity index (χ2v) is 7.41. The SMILES string of the molecule is CCOC(=O)C1=C(C)N(CC(=O)NCc2ccc(F)cc2)C(=O)CC1c1ccc(F)cc1. The van der Waals surface area contributed by atoms with Gasteiger partial charge in [0.25, 0.3) is 0 Å². The Kier molecular flexibility index (Phi) is 7.35. The minimum absolute atomic E-state index is 0.0532. The molecule has 0 saturated heterocycles. The standard InChI is InChI=1S/C24H24F2N2O4/c1-3-32-24(31)23-15(2)28(14-21(29)27-13-16-4-8-18(25)9-5-16)22(30)12-20(23)17-6-10-19(26)11-7-17/h4-11,20H,3,12-14H2,1-2H3,(H,27,29). The van der Waals surface area contributed by atoms with Crippen molar-refractivity contribution in [3.05, 3.63) is 82.6 Å². The molecule has 1 heterocycles. The van der Waals surface area contributed by atoms with Crippen LogP contribution in [0.2, 0.25) is 0 Å². The Morgan fingerprint density at radius 2 is 1.66 bits per heavy atom. The Bertz CT molecular complexity index is 1030. The molecule has 168 valence electrons. The lowest BCUT2D eigenvalue weighted by molar-refractivity contribution is -0.141. The van der Waals surface area contributed by atoms with Gasteiger partial charge in [-0.3, -0.25) is 9.59 Å². The Morgan fingerprint density at radius 3 is 2.25 bits per heavy atom. The molecule has 6 nitrogen and oxygen atoms in total. The van der Waals surface area contributed by atoms with Crippen molar-refractivity contribution in [1.82, 2.24) is 10.2 Å². The zero-order valence-corrected chi connectivity index (χ0v) is 17.9. The van der Waals surface area contributed by atoms with Gasteiger partial charge in [-0.1, -0.05) is 24.3 Å². The van der Waals surface area contributed by atoms with Crippen molar-refractivity contribution in [3.63, 3.8) is 0 Å². The molecule has 1 atom stereocenters. The summed E-state index contributed by atoms with van der Waals surface area (Å²) in [7, 11) is 0. The molecule has 1 aliphatic heterocycles. The number of carbonyl (C=O) groups is 3. The Hall–Kier alpha value is -3.55. The highest BCUT2D eigenvalue weighted by molar-refractivity contribution is 5.97. The van der Waals surface area contributed by atoms with Crippen LogP contribution in [0.1, 0.15) is 37.3 Å². The van der Waals surface area contributed by atoms with E-state index in [-0.39, 0.29) is 43.4 Å². The summed E-state index contributed by atoms with van der Waals surface area (Å²) in [6.45, 7) is 3.32. The van der Waals surface area contributed by atoms with Gasteiger partial charge in [0.2, 0.25) is 11.8 Å². The number of ether oxygens (including phenoxy) is 1. The van der Waals surface area contributed by atoms with Gasteiger partial charge < -0.3 is 15.0 Å². The normalized spacial score (nSPS) is 16.2. The van der Waals surface area contributed by atoms with Crippen molar-refractivity contribution in [2.24, 2.45) is 0 Å². The molecule has 1 unspecified atom stereocenters. The van der Waals surface area contributed by atoms with Crippen LogP contribution in [0, 0.1) is 11.6 Å². The van der Waals surface area contributed by atoms with Crippen LogP contribution in [0.25, 0.3) is 0 Å². The predicted molar refractivity (Wildman–Crippen MR) is 113 cm³/mol. The molecular formula is C24H24F2N2O4. The first-order valence-electron chi connectivity index (χ1n) is 10.2. The summed E-state index contributed by atoms with van der Waals surface area (Å²) < 4.78 is 31.6. The third-order valence-corrected chi connectivity index (χ3v) is 5.30. The molecule has 2 amide bonds. The molecule has 0 radical (unpaired) electrons. The van der Waals surface area contributed by atoms with Crippen LogP contribution in [-0.2, 0) is 25.7 Å². The molecule has 0 aromatic heterocycles. The summed E-state index contributed by atoms with van der Waals surface area (Å²) in [5.74, 6) is -2.73. The maximum absolute atomic E-state index is 13.4. The van der Waals surface area contributed by atoms with E-state index >= 15 is 0 Å². The molecular weight excluding hydrogens is 418 g/mol. The van der Waals surface area contributed by atoms with E-state index in [9.17, 15) is 23.2 Å². The first kappa shape index (κ1) is 23.1. The van der Waals surface area contributed by atoms with Gasteiger partial charge >= 0.3 is 5.97 Å². The van der Waals surface area contributed by atoms with Gasteiger partial charge in [-0.15, -0.1) is 0 Å². The van der Waals surface area contributed by atoms with Crippen molar-refractivity contribution in [2.45, 2.75) is 32.7 Å². The van der Waals surface area contributed by atoms with Crippen molar-refractivity contribution < 1.29 is 27.9 Å². The smallest absolute Gasteiger partial charge is 0.336 e. The second kappa shape index (κ2) is 10.2. The van der Waals surface area contributed by atoms with Gasteiger partial charge in [-0.25, -0.2) is 13.6 Å². The number of halogens is 2. The van der Waals surface area contributed by atoms with Crippen LogP contribution in [0.5, 0.6) is 0 Å². The highest BCUT2D eigenvalue weighted by Gasteiger charge is 2.37. The third-order valence-electron chi connectivity index (χ3n) is 5.30. The van der Waals surface area contributed by atoms with Gasteiger partial charge in [0.1, 0.15) is 18.2 Å². The number of hydrogen-bond acceptors (Lipinski definition) is 4. The maximum Gasteiger partial charge on any atom is 0.336 e. The average molecular weight is 442 g/mol. The number of esters is 1. The Morgan fingerprint density at radius 1 is 1.06 bits per heavy atom. The number of allylic oxidation sites excluding steroid dienone is 1. The van der Waals surface area contributed by atoms with Crippen LogP contribution in [0.3, 0.4) is 0 Å². The first-order chi connectivity index (χ1) is 15.3. The van der Waals surface area contributed by atoms with Crippen LogP contribution < -0.4 is 5.32 Å². The van der Waals surface area contributed by atoms with E-state index in [1.165, 1.54) is 41.3 Å². The molecule has 3 rings (SSSR count). The quantitative estimate of drug-likeness (QED) is 0.667. The molecule has 0 spiro atoms. The zero-order chi connectivity index (χ0) is 23.3. The molecule has 0 fully saturated rings. The highest BCUT2D eigenvalue weighted by Crippen LogP contribution is 2.37. The minimum atomic E-state index is -0.597. The molecule has 0 bridgehead atoms. The lowest BCUT2D eigenvalue weighted by Crippen LogP contribution is -2.44. The number of nitrogens with one attached hydrogen (secondary N) is 1. The molecule has 1 N–H and O–H groups in total. The largest absolute Gasteiger partial charge is 0.463 e. The van der Waals surface area contributed by atoms with Crippen molar-refractivity contribution in [3.8, 4) is 0 Å². The fraction of sp³-hybridized carbons (Fsp3) is 0.292. The molecule has 32 heavy (non-hydrogen) atoms. The number of nitrogens with zero attached hydrogens (tertiary/aromatic N) is 1. The van der Waals surface area contributed by atoms with Crippen molar-refractivity contribution in [2.75, 3.05) is 13.2 Å². The van der Waals surface area contributed by atoms with Crippen molar-refractivity contribution in [1.29, 1.82) is 0 Å². The lowest BCUT2D eigenvalue weighted by Gasteiger charge is -2.34. The summed E-state index contributed by atoms with van der Waals surface area (Å²) in [4.78, 5) is 39.3. The van der Waals surface area contributed by atoms with Gasteiger partial charge in [-0.2, -0.15) is 0 Å². The van der Waals surface area contributed by atoms with Gasteiger partial charge in [-0.05, 0) is 49.2 Å². The number of hydrogen-bond donors (Lipinski definition) is 1. The summed E-state index contributed by atoms with van der Waals surface area (Å²) in [5.41, 5.74) is 1.92. The first-order valence-corrected chi connectivity index (χ1v) is 10.2. The second-order valence-electron chi connectivity index (χ2n) is 7.41. The fourth-order valence-corrected chi connectivity index (χ4v) is 3.66. The Balaban J connectivity index is 1.81. The van der Waals surface area contributed by atoms with Gasteiger partial charge in [0.05, 0.1) is 12.2 Å². The monoisotopic (exact) mass is 442 g/mol. The molecule has 1 aliphatic rings. The van der Waals surface area contributed by atoms with E-state index < -0.39 is 23.6 Å². The van der Waals surface area contributed by atoms with Crippen LogP contribution in [0.4, 0.5) is 8.78 Å². The summed E-state index contributed by atoms with van der Waals surface area (Å²) >= 11 is 0. The topological polar surface area (TPSA) is 75.7 Å². The van der Waals surface area contributed by atoms with Gasteiger partial charge in [0.15, 0.2) is 0 Å². The predicted octanol–water partition coefficient (Wildman–Crippen LogP) is 3.43. The average Bonchev–Trinajstić information content (AvgIpc) is 2.76. The van der Waals surface area contributed by atoms with Crippen LogP contribution >= 0.6 is 0 Å². The number of carbonyl (C=O) groups excluding carboxylic acids is 3. The minimum Gasteiger partial charge on any atom is -0.463 e. The van der Waals surface area contributed by atoms with E-state index in [0.29, 0.717) is 16.8 Å². The summed E-state index contributed by atoms with van der Waals surface area (Å²) in [5, 5.41) is 2.69.